The Kier molecular flexibility index (Phi) is 13.5. The first-order valence-corrected chi connectivity index (χ1v) is 8.64. The third-order valence-electron chi connectivity index (χ3n) is 3.43. The summed E-state index contributed by atoms with van der Waals surface area (Å²) in [6, 6.07) is 0. The maximum absolute atomic E-state index is 11.7. The van der Waals surface area contributed by atoms with Gasteiger partial charge in [0.15, 0.2) is 5.78 Å². The smallest absolute Gasteiger partial charge is 0.220 e. The Balaban J connectivity index is 3.60. The zero-order valence-corrected chi connectivity index (χ0v) is 15.1. The molecule has 0 heterocycles. The van der Waals surface area contributed by atoms with Crippen LogP contribution in [0.4, 0.5) is 0 Å². The Morgan fingerprint density at radius 1 is 0.960 bits per heavy atom. The lowest BCUT2D eigenvalue weighted by atomic mass is 10.1. The van der Waals surface area contributed by atoms with Crippen molar-refractivity contribution in [2.24, 2.45) is 0 Å². The van der Waals surface area contributed by atoms with Crippen molar-refractivity contribution in [3.8, 4) is 0 Å². The maximum Gasteiger partial charge on any atom is 0.220 e. The minimum absolute atomic E-state index is 0.0535. The first kappa shape index (κ1) is 23.2. The monoisotopic (exact) mass is 358 g/mol. The minimum atomic E-state index is -0.565. The Morgan fingerprint density at radius 2 is 1.60 bits per heavy atom. The van der Waals surface area contributed by atoms with Gasteiger partial charge in [-0.1, -0.05) is 0 Å². The third-order valence-corrected chi connectivity index (χ3v) is 3.43. The van der Waals surface area contributed by atoms with E-state index in [1.54, 1.807) is 6.92 Å². The van der Waals surface area contributed by atoms with E-state index in [2.05, 4.69) is 10.6 Å². The number of hydrogen-bond donors (Lipinski definition) is 3. The van der Waals surface area contributed by atoms with E-state index < -0.39 is 6.10 Å². The van der Waals surface area contributed by atoms with Gasteiger partial charge in [-0.15, -0.1) is 0 Å². The number of carbonyl (C=O) groups is 4. The molecule has 3 N–H and O–H groups in total. The van der Waals surface area contributed by atoms with Crippen molar-refractivity contribution in [3.63, 3.8) is 0 Å². The number of aliphatic hydroxyl groups is 1. The molecular formula is C17H30N2O6. The molecule has 0 aromatic carbocycles. The maximum atomic E-state index is 11.7. The van der Waals surface area contributed by atoms with Crippen LogP contribution in [0.1, 0.15) is 52.4 Å². The number of carbonyl (C=O) groups excluding carboxylic acids is 4. The van der Waals surface area contributed by atoms with Crippen molar-refractivity contribution < 1.29 is 29.0 Å². The fourth-order valence-electron chi connectivity index (χ4n) is 1.99. The summed E-state index contributed by atoms with van der Waals surface area (Å²) in [6.07, 6.45) is 2.03. The van der Waals surface area contributed by atoms with Crippen molar-refractivity contribution in [2.45, 2.75) is 58.5 Å². The van der Waals surface area contributed by atoms with E-state index in [1.165, 1.54) is 6.92 Å². The largest absolute Gasteiger partial charge is 0.394 e. The zero-order chi connectivity index (χ0) is 19.1. The van der Waals surface area contributed by atoms with Gasteiger partial charge in [0.25, 0.3) is 0 Å². The summed E-state index contributed by atoms with van der Waals surface area (Å²) in [5.41, 5.74) is 0. The topological polar surface area (TPSA) is 122 Å². The molecule has 0 radical (unpaired) electrons. The van der Waals surface area contributed by atoms with E-state index in [0.717, 1.165) is 0 Å². The number of hydrogen-bond acceptors (Lipinski definition) is 6. The number of nitrogens with one attached hydrogen (secondary N) is 2. The molecule has 0 spiro atoms. The number of amides is 2. The molecule has 8 nitrogen and oxygen atoms in total. The van der Waals surface area contributed by atoms with Gasteiger partial charge in [0, 0.05) is 25.8 Å². The van der Waals surface area contributed by atoms with Crippen LogP contribution in [-0.4, -0.2) is 60.9 Å². The molecular weight excluding hydrogens is 328 g/mol. The second-order valence-electron chi connectivity index (χ2n) is 5.84. The summed E-state index contributed by atoms with van der Waals surface area (Å²) < 4.78 is 5.10. The predicted molar refractivity (Wildman–Crippen MR) is 91.9 cm³/mol. The third kappa shape index (κ3) is 14.3. The van der Waals surface area contributed by atoms with E-state index in [0.29, 0.717) is 32.2 Å². The van der Waals surface area contributed by atoms with E-state index in [1.807, 2.05) is 0 Å². The van der Waals surface area contributed by atoms with Gasteiger partial charge < -0.3 is 20.5 Å². The van der Waals surface area contributed by atoms with Crippen molar-refractivity contribution in [3.05, 3.63) is 0 Å². The fraction of sp³-hybridized carbons (Fsp3) is 0.765. The van der Waals surface area contributed by atoms with Crippen molar-refractivity contribution in [2.75, 3.05) is 26.3 Å². The summed E-state index contributed by atoms with van der Waals surface area (Å²) in [5, 5.41) is 13.9. The van der Waals surface area contributed by atoms with E-state index >= 15 is 0 Å². The molecule has 2 amide bonds. The van der Waals surface area contributed by atoms with Crippen LogP contribution in [0.25, 0.3) is 0 Å². The van der Waals surface area contributed by atoms with E-state index in [9.17, 15) is 19.2 Å². The van der Waals surface area contributed by atoms with Crippen molar-refractivity contribution in [1.82, 2.24) is 10.6 Å². The van der Waals surface area contributed by atoms with Gasteiger partial charge in [0.1, 0.15) is 11.9 Å². The molecule has 144 valence electrons. The van der Waals surface area contributed by atoms with E-state index in [-0.39, 0.29) is 56.0 Å². The highest BCUT2D eigenvalue weighted by Gasteiger charge is 2.13. The average molecular weight is 358 g/mol. The van der Waals surface area contributed by atoms with Crippen LogP contribution in [0.15, 0.2) is 0 Å². The summed E-state index contributed by atoms with van der Waals surface area (Å²) in [7, 11) is 0. The molecule has 0 aliphatic carbocycles. The van der Waals surface area contributed by atoms with Gasteiger partial charge in [-0.05, 0) is 33.1 Å². The molecule has 0 aliphatic heterocycles. The molecule has 0 fully saturated rings. The molecule has 25 heavy (non-hydrogen) atoms. The quantitative estimate of drug-likeness (QED) is 0.357. The van der Waals surface area contributed by atoms with Crippen LogP contribution < -0.4 is 10.6 Å². The standard InChI is InChI=1S/C17H30N2O6/c1-13(21)12-19-17(24)7-3-4-9-18-16(23)8-5-6-15(22)14(2)25-11-10-20/h14,20H,3-12H2,1-2H3,(H,18,23)(H,19,24). The van der Waals surface area contributed by atoms with Crippen LogP contribution in [0.5, 0.6) is 0 Å². The highest BCUT2D eigenvalue weighted by Crippen LogP contribution is 2.03. The number of Topliss-reactive ketones (excluding diaryl/α,β-unsaturated/α-hetero) is 2. The predicted octanol–water partition coefficient (Wildman–Crippen LogP) is 0.115. The molecule has 0 rings (SSSR count). The normalized spacial score (nSPS) is 11.6. The number of rotatable bonds is 15. The molecule has 0 aromatic heterocycles. The Bertz CT molecular complexity index is 439. The molecule has 0 aromatic rings. The fourth-order valence-corrected chi connectivity index (χ4v) is 1.99. The van der Waals surface area contributed by atoms with Gasteiger partial charge in [-0.2, -0.15) is 0 Å². The highest BCUT2D eigenvalue weighted by atomic mass is 16.5. The number of ether oxygens (including phenoxy) is 1. The number of unbranched alkanes of at least 4 members (excludes halogenated alkanes) is 1. The van der Waals surface area contributed by atoms with Crippen LogP contribution in [0.2, 0.25) is 0 Å². The minimum Gasteiger partial charge on any atom is -0.394 e. The van der Waals surface area contributed by atoms with Crippen LogP contribution >= 0.6 is 0 Å². The summed E-state index contributed by atoms with van der Waals surface area (Å²) in [4.78, 5) is 45.4. The molecule has 8 heteroatoms. The molecule has 0 bridgehead atoms. The molecule has 0 saturated carbocycles. The first-order valence-electron chi connectivity index (χ1n) is 8.64. The number of ketones is 2. The molecule has 0 aliphatic rings. The second-order valence-corrected chi connectivity index (χ2v) is 5.84. The average Bonchev–Trinajstić information content (AvgIpc) is 2.57. The van der Waals surface area contributed by atoms with Crippen molar-refractivity contribution >= 4 is 23.4 Å². The highest BCUT2D eigenvalue weighted by molar-refractivity contribution is 5.84. The lowest BCUT2D eigenvalue weighted by Gasteiger charge is -2.10. The lowest BCUT2D eigenvalue weighted by molar-refractivity contribution is -0.130. The second kappa shape index (κ2) is 14.5. The van der Waals surface area contributed by atoms with Gasteiger partial charge >= 0.3 is 0 Å². The van der Waals surface area contributed by atoms with Crippen molar-refractivity contribution in [1.29, 1.82) is 0 Å². The summed E-state index contributed by atoms with van der Waals surface area (Å²) in [5.74, 6) is -0.471. The van der Waals surface area contributed by atoms with Gasteiger partial charge in [0.2, 0.25) is 11.8 Å². The Hall–Kier alpha value is -1.80. The summed E-state index contributed by atoms with van der Waals surface area (Å²) in [6.45, 7) is 3.57. The molecule has 1 atom stereocenters. The zero-order valence-electron chi connectivity index (χ0n) is 15.1. The Labute approximate surface area is 148 Å². The van der Waals surface area contributed by atoms with Gasteiger partial charge in [0.05, 0.1) is 19.8 Å². The van der Waals surface area contributed by atoms with Crippen LogP contribution in [-0.2, 0) is 23.9 Å². The SMILES string of the molecule is CC(=O)CNC(=O)CCCCNC(=O)CCCC(=O)C(C)OCCO. The lowest BCUT2D eigenvalue weighted by Crippen LogP contribution is -2.28. The Morgan fingerprint density at radius 3 is 2.24 bits per heavy atom. The summed E-state index contributed by atoms with van der Waals surface area (Å²) >= 11 is 0. The number of aliphatic hydroxyl groups excluding tert-OH is 1. The van der Waals surface area contributed by atoms with Crippen LogP contribution in [0.3, 0.4) is 0 Å². The molecule has 1 unspecified atom stereocenters. The van der Waals surface area contributed by atoms with Gasteiger partial charge in [-0.25, -0.2) is 0 Å². The van der Waals surface area contributed by atoms with Gasteiger partial charge in [-0.3, -0.25) is 19.2 Å². The molecule has 0 saturated heterocycles. The first-order chi connectivity index (χ1) is 11.9. The van der Waals surface area contributed by atoms with Crippen LogP contribution in [0, 0.1) is 0 Å². The van der Waals surface area contributed by atoms with E-state index in [4.69, 9.17) is 9.84 Å².